The smallest absolute Gasteiger partial charge is 0.267 e. The molecule has 3 atom stereocenters. The predicted octanol–water partition coefficient (Wildman–Crippen LogP) is 1.79. The van der Waals surface area contributed by atoms with Gasteiger partial charge in [-0.1, -0.05) is 30.3 Å². The number of hydrogen-bond acceptors (Lipinski definition) is 6. The number of carbonyl (C=O) groups is 3. The van der Waals surface area contributed by atoms with Gasteiger partial charge in [0, 0.05) is 24.3 Å². The molecule has 1 aliphatic heterocycles. The Labute approximate surface area is 198 Å². The molecule has 1 saturated carbocycles. The molecule has 3 amide bonds. The maximum atomic E-state index is 13.0. The summed E-state index contributed by atoms with van der Waals surface area (Å²) in [6.45, 7) is 0.445. The van der Waals surface area contributed by atoms with Crippen molar-refractivity contribution in [1.82, 2.24) is 15.2 Å². The zero-order chi connectivity index (χ0) is 24.1. The normalized spacial score (nSPS) is 21.8. The van der Waals surface area contributed by atoms with Crippen molar-refractivity contribution < 1.29 is 14.4 Å². The van der Waals surface area contributed by atoms with Crippen LogP contribution in [-0.4, -0.2) is 58.5 Å². The fourth-order valence-electron chi connectivity index (χ4n) is 4.93. The van der Waals surface area contributed by atoms with Gasteiger partial charge in [0.2, 0.25) is 11.8 Å². The van der Waals surface area contributed by atoms with Crippen molar-refractivity contribution in [1.29, 1.82) is 5.41 Å². The van der Waals surface area contributed by atoms with Gasteiger partial charge >= 0.3 is 0 Å². The van der Waals surface area contributed by atoms with E-state index in [0.717, 1.165) is 25.7 Å². The molecule has 0 bridgehead atoms. The number of amides is 3. The van der Waals surface area contributed by atoms with Crippen molar-refractivity contribution in [3.05, 3.63) is 59.9 Å². The molecule has 0 spiro atoms. The third-order valence-electron chi connectivity index (χ3n) is 6.69. The molecule has 1 saturated heterocycles. The van der Waals surface area contributed by atoms with Crippen LogP contribution in [0.2, 0.25) is 0 Å². The second kappa shape index (κ2) is 10.5. The van der Waals surface area contributed by atoms with Gasteiger partial charge in [-0.15, -0.1) is 0 Å². The van der Waals surface area contributed by atoms with Gasteiger partial charge in [0.1, 0.15) is 11.8 Å². The van der Waals surface area contributed by atoms with Crippen molar-refractivity contribution >= 4 is 29.1 Å². The number of pyridine rings is 1. The number of primary amides is 1. The summed E-state index contributed by atoms with van der Waals surface area (Å²) >= 11 is 0. The van der Waals surface area contributed by atoms with Gasteiger partial charge in [-0.2, -0.15) is 0 Å². The first-order valence-corrected chi connectivity index (χ1v) is 11.7. The number of carbonyl (C=O) groups excluding carboxylic acids is 3. The molecule has 9 nitrogen and oxygen atoms in total. The number of likely N-dealkylation sites (tertiary alicyclic amines) is 1. The molecule has 0 radical (unpaired) electrons. The second-order valence-electron chi connectivity index (χ2n) is 8.89. The molecule has 4 rings (SSSR count). The van der Waals surface area contributed by atoms with Gasteiger partial charge in [0.15, 0.2) is 0 Å². The lowest BCUT2D eigenvalue weighted by atomic mass is 9.97. The number of nitrogens with two attached hydrogens (primary N) is 1. The highest BCUT2D eigenvalue weighted by atomic mass is 16.2. The van der Waals surface area contributed by atoms with E-state index < -0.39 is 11.9 Å². The average molecular weight is 463 g/mol. The number of nitrogens with one attached hydrogen (secondary N) is 3. The van der Waals surface area contributed by atoms with Crippen LogP contribution in [0.1, 0.15) is 49.1 Å². The first kappa shape index (κ1) is 23.4. The van der Waals surface area contributed by atoms with Crippen LogP contribution in [0.5, 0.6) is 0 Å². The SMILES string of the molecule is N=C(C(N)=O)c1ccncc1NCC(=O)N1CCC[C@H]1C(=O)NC1CC[C@@H](c2ccccc2)C1. The van der Waals surface area contributed by atoms with Crippen LogP contribution in [0.15, 0.2) is 48.8 Å². The summed E-state index contributed by atoms with van der Waals surface area (Å²) < 4.78 is 0. The molecule has 2 aromatic rings. The molecular weight excluding hydrogens is 432 g/mol. The van der Waals surface area contributed by atoms with Crippen LogP contribution in [0.3, 0.4) is 0 Å². The van der Waals surface area contributed by atoms with E-state index >= 15 is 0 Å². The summed E-state index contributed by atoms with van der Waals surface area (Å²) in [7, 11) is 0. The third kappa shape index (κ3) is 5.24. The molecule has 9 heteroatoms. The third-order valence-corrected chi connectivity index (χ3v) is 6.69. The van der Waals surface area contributed by atoms with Crippen molar-refractivity contribution in [3.63, 3.8) is 0 Å². The average Bonchev–Trinajstić information content (AvgIpc) is 3.53. The van der Waals surface area contributed by atoms with Crippen molar-refractivity contribution in [2.24, 2.45) is 5.73 Å². The van der Waals surface area contributed by atoms with E-state index in [-0.39, 0.29) is 35.7 Å². The van der Waals surface area contributed by atoms with Crippen molar-refractivity contribution in [2.75, 3.05) is 18.4 Å². The van der Waals surface area contributed by atoms with Gasteiger partial charge in [0.05, 0.1) is 18.4 Å². The lowest BCUT2D eigenvalue weighted by molar-refractivity contribution is -0.137. The maximum absolute atomic E-state index is 13.0. The lowest BCUT2D eigenvalue weighted by Crippen LogP contribution is -2.49. The Morgan fingerprint density at radius 1 is 1.12 bits per heavy atom. The Balaban J connectivity index is 1.33. The standard InChI is InChI=1S/C25H30N6O3/c26-23(24(27)33)19-10-11-28-14-20(19)29-15-22(32)31-12-4-7-21(31)25(34)30-18-9-8-17(13-18)16-5-2-1-3-6-16/h1-3,5-6,10-11,14,17-18,21,26,29H,4,7-9,12-13,15H2,(H2,27,33)(H,30,34)/t17-,18?,21+/m1/s1. The fourth-order valence-corrected chi connectivity index (χ4v) is 4.93. The number of nitrogens with zero attached hydrogens (tertiary/aromatic N) is 2. The van der Waals surface area contributed by atoms with Crippen molar-refractivity contribution in [2.45, 2.75) is 50.1 Å². The van der Waals surface area contributed by atoms with Crippen LogP contribution in [-0.2, 0) is 14.4 Å². The number of aromatic nitrogens is 1. The van der Waals surface area contributed by atoms with Crippen LogP contribution >= 0.6 is 0 Å². The first-order valence-electron chi connectivity index (χ1n) is 11.7. The number of benzene rings is 1. The molecule has 1 unspecified atom stereocenters. The Morgan fingerprint density at radius 2 is 1.91 bits per heavy atom. The number of rotatable bonds is 8. The molecule has 2 fully saturated rings. The van der Waals surface area contributed by atoms with E-state index in [9.17, 15) is 14.4 Å². The van der Waals surface area contributed by atoms with Crippen molar-refractivity contribution in [3.8, 4) is 0 Å². The number of hydrogen-bond donors (Lipinski definition) is 4. The van der Waals surface area contributed by atoms with Crippen LogP contribution in [0, 0.1) is 5.41 Å². The highest BCUT2D eigenvalue weighted by molar-refractivity contribution is 6.44. The molecule has 5 N–H and O–H groups in total. The minimum atomic E-state index is -0.863. The minimum Gasteiger partial charge on any atom is -0.374 e. The van der Waals surface area contributed by atoms with Gasteiger partial charge in [0.25, 0.3) is 5.91 Å². The Morgan fingerprint density at radius 3 is 2.68 bits per heavy atom. The van der Waals surface area contributed by atoms with E-state index in [1.807, 2.05) is 18.2 Å². The molecular formula is C25H30N6O3. The number of anilines is 1. The summed E-state index contributed by atoms with van der Waals surface area (Å²) in [5, 5.41) is 14.0. The van der Waals surface area contributed by atoms with E-state index in [0.29, 0.717) is 24.6 Å². The molecule has 2 aliphatic rings. The zero-order valence-electron chi connectivity index (χ0n) is 19.0. The van der Waals surface area contributed by atoms with E-state index in [1.165, 1.54) is 24.0 Å². The fraction of sp³-hybridized carbons (Fsp3) is 0.400. The summed E-state index contributed by atoms with van der Waals surface area (Å²) in [4.78, 5) is 43.0. The summed E-state index contributed by atoms with van der Waals surface area (Å²) in [6, 6.07) is 11.5. The molecule has 34 heavy (non-hydrogen) atoms. The quantitative estimate of drug-likeness (QED) is 0.443. The highest BCUT2D eigenvalue weighted by Gasteiger charge is 2.36. The molecule has 1 aliphatic carbocycles. The predicted molar refractivity (Wildman–Crippen MR) is 128 cm³/mol. The monoisotopic (exact) mass is 462 g/mol. The summed E-state index contributed by atoms with van der Waals surface area (Å²) in [5.41, 5.74) is 6.82. The Hall–Kier alpha value is -3.75. The highest BCUT2D eigenvalue weighted by Crippen LogP contribution is 2.34. The molecule has 178 valence electrons. The van der Waals surface area contributed by atoms with Crippen LogP contribution in [0.4, 0.5) is 5.69 Å². The second-order valence-corrected chi connectivity index (χ2v) is 8.89. The van der Waals surface area contributed by atoms with E-state index in [1.54, 1.807) is 4.90 Å². The Kier molecular flexibility index (Phi) is 7.20. The van der Waals surface area contributed by atoms with Crippen LogP contribution < -0.4 is 16.4 Å². The molecule has 1 aromatic heterocycles. The zero-order valence-corrected chi connectivity index (χ0v) is 19.0. The van der Waals surface area contributed by atoms with Gasteiger partial charge in [-0.3, -0.25) is 24.8 Å². The first-order chi connectivity index (χ1) is 16.4. The Bertz CT molecular complexity index is 1070. The van der Waals surface area contributed by atoms with Crippen LogP contribution in [0.25, 0.3) is 0 Å². The molecule has 1 aromatic carbocycles. The lowest BCUT2D eigenvalue weighted by Gasteiger charge is -2.26. The van der Waals surface area contributed by atoms with Gasteiger partial charge in [-0.25, -0.2) is 0 Å². The maximum Gasteiger partial charge on any atom is 0.267 e. The van der Waals surface area contributed by atoms with E-state index in [2.05, 4.69) is 27.8 Å². The molecule has 2 heterocycles. The topological polar surface area (TPSA) is 141 Å². The minimum absolute atomic E-state index is 0.0754. The van der Waals surface area contributed by atoms with Gasteiger partial charge < -0.3 is 21.3 Å². The van der Waals surface area contributed by atoms with E-state index in [4.69, 9.17) is 11.1 Å². The van der Waals surface area contributed by atoms with Gasteiger partial charge in [-0.05, 0) is 49.7 Å². The summed E-state index contributed by atoms with van der Waals surface area (Å²) in [5.74, 6) is -0.725. The largest absolute Gasteiger partial charge is 0.374 e. The summed E-state index contributed by atoms with van der Waals surface area (Å²) in [6.07, 6.45) is 7.18.